The van der Waals surface area contributed by atoms with Crippen molar-refractivity contribution in [3.05, 3.63) is 78.0 Å². The van der Waals surface area contributed by atoms with Gasteiger partial charge in [-0.1, -0.05) is 18.7 Å². The Bertz CT molecular complexity index is 1250. The van der Waals surface area contributed by atoms with Crippen LogP contribution < -0.4 is 4.74 Å². The summed E-state index contributed by atoms with van der Waals surface area (Å²) < 4.78 is 41.1. The molecule has 2 aromatic carbocycles. The zero-order chi connectivity index (χ0) is 24.9. The van der Waals surface area contributed by atoms with Gasteiger partial charge in [-0.05, 0) is 56.2 Å². The van der Waals surface area contributed by atoms with Gasteiger partial charge in [-0.25, -0.2) is 8.78 Å². The molecule has 1 aliphatic rings. The molecule has 1 saturated heterocycles. The van der Waals surface area contributed by atoms with Gasteiger partial charge in [0.2, 0.25) is 0 Å². The SMILES string of the molecule is C=CCOc1cccc2c1cc(C(=O)N1CCC[C@@H](C(=O)OCC)C1)n2Cc1cc(F)ccc1F. The first-order chi connectivity index (χ1) is 16.9. The molecule has 1 aliphatic heterocycles. The fourth-order valence-electron chi connectivity index (χ4n) is 4.49. The molecule has 8 heteroatoms. The molecule has 0 aliphatic carbocycles. The second-order valence-electron chi connectivity index (χ2n) is 8.48. The Kier molecular flexibility index (Phi) is 7.48. The van der Waals surface area contributed by atoms with Crippen molar-refractivity contribution < 1.29 is 27.8 Å². The van der Waals surface area contributed by atoms with Crippen LogP contribution in [0.4, 0.5) is 8.78 Å². The van der Waals surface area contributed by atoms with Crippen molar-refractivity contribution in [1.82, 2.24) is 9.47 Å². The molecule has 0 unspecified atom stereocenters. The van der Waals surface area contributed by atoms with Gasteiger partial charge in [0.1, 0.15) is 29.7 Å². The van der Waals surface area contributed by atoms with Gasteiger partial charge in [0.15, 0.2) is 0 Å². The second kappa shape index (κ2) is 10.7. The number of hydrogen-bond acceptors (Lipinski definition) is 4. The van der Waals surface area contributed by atoms with Crippen LogP contribution in [0.5, 0.6) is 5.75 Å². The first-order valence-electron chi connectivity index (χ1n) is 11.7. The van der Waals surface area contributed by atoms with E-state index in [2.05, 4.69) is 6.58 Å². The molecule has 1 amide bonds. The maximum atomic E-state index is 14.5. The highest BCUT2D eigenvalue weighted by atomic mass is 19.1. The van der Waals surface area contributed by atoms with Gasteiger partial charge < -0.3 is 18.9 Å². The van der Waals surface area contributed by atoms with E-state index in [9.17, 15) is 18.4 Å². The lowest BCUT2D eigenvalue weighted by atomic mass is 9.98. The topological polar surface area (TPSA) is 60.8 Å². The molecule has 184 valence electrons. The lowest BCUT2D eigenvalue weighted by Crippen LogP contribution is -2.43. The number of aromatic nitrogens is 1. The number of carbonyl (C=O) groups is 2. The van der Waals surface area contributed by atoms with Gasteiger partial charge in [-0.3, -0.25) is 9.59 Å². The molecule has 1 fully saturated rings. The van der Waals surface area contributed by atoms with Crippen molar-refractivity contribution in [2.24, 2.45) is 5.92 Å². The second-order valence-corrected chi connectivity index (χ2v) is 8.48. The standard InChI is InChI=1S/C27H28F2N2O4/c1-3-13-35-25-9-5-8-23-21(25)15-24(31(23)17-19-14-20(28)10-11-22(19)29)26(32)30-12-6-7-18(16-30)27(33)34-4-2/h3,5,8-11,14-15,18H,1,4,6-7,12-13,16-17H2,2H3/t18-/m1/s1. The van der Waals surface area contributed by atoms with Crippen LogP contribution in [0, 0.1) is 17.6 Å². The number of esters is 1. The zero-order valence-electron chi connectivity index (χ0n) is 19.6. The van der Waals surface area contributed by atoms with E-state index in [-0.39, 0.29) is 43.7 Å². The van der Waals surface area contributed by atoms with E-state index >= 15 is 0 Å². The predicted octanol–water partition coefficient (Wildman–Crippen LogP) is 4.95. The van der Waals surface area contributed by atoms with E-state index in [1.807, 2.05) is 6.07 Å². The van der Waals surface area contributed by atoms with Gasteiger partial charge in [-0.15, -0.1) is 0 Å². The van der Waals surface area contributed by atoms with Crippen molar-refractivity contribution in [3.8, 4) is 5.75 Å². The Morgan fingerprint density at radius 1 is 1.20 bits per heavy atom. The molecule has 2 heterocycles. The third-order valence-electron chi connectivity index (χ3n) is 6.15. The Balaban J connectivity index is 1.76. The highest BCUT2D eigenvalue weighted by molar-refractivity contribution is 6.00. The summed E-state index contributed by atoms with van der Waals surface area (Å²) in [5.74, 6) is -1.56. The highest BCUT2D eigenvalue weighted by Gasteiger charge is 2.31. The molecular formula is C27H28F2N2O4. The Morgan fingerprint density at radius 3 is 2.80 bits per heavy atom. The fourth-order valence-corrected chi connectivity index (χ4v) is 4.49. The maximum absolute atomic E-state index is 14.5. The number of halogens is 2. The number of amides is 1. The number of likely N-dealkylation sites (tertiary alicyclic amines) is 1. The molecule has 35 heavy (non-hydrogen) atoms. The summed E-state index contributed by atoms with van der Waals surface area (Å²) in [5, 5.41) is 0.675. The van der Waals surface area contributed by atoms with Crippen LogP contribution in [0.3, 0.4) is 0 Å². The van der Waals surface area contributed by atoms with Crippen molar-refractivity contribution >= 4 is 22.8 Å². The number of carbonyl (C=O) groups excluding carboxylic acids is 2. The number of rotatable bonds is 8. The van der Waals surface area contributed by atoms with Crippen LogP contribution in [0.1, 0.15) is 35.8 Å². The van der Waals surface area contributed by atoms with Gasteiger partial charge in [0.25, 0.3) is 5.91 Å². The average molecular weight is 483 g/mol. The van der Waals surface area contributed by atoms with Crippen LogP contribution in [0.15, 0.2) is 55.1 Å². The van der Waals surface area contributed by atoms with E-state index < -0.39 is 17.6 Å². The Morgan fingerprint density at radius 2 is 2.03 bits per heavy atom. The molecule has 6 nitrogen and oxygen atoms in total. The minimum absolute atomic E-state index is 0.0474. The van der Waals surface area contributed by atoms with Gasteiger partial charge in [-0.2, -0.15) is 0 Å². The third kappa shape index (κ3) is 5.21. The highest BCUT2D eigenvalue weighted by Crippen LogP contribution is 2.32. The molecule has 1 aromatic heterocycles. The molecule has 0 bridgehead atoms. The zero-order valence-corrected chi connectivity index (χ0v) is 19.6. The number of nitrogens with zero attached hydrogens (tertiary/aromatic N) is 2. The minimum Gasteiger partial charge on any atom is -0.489 e. The summed E-state index contributed by atoms with van der Waals surface area (Å²) in [6.45, 7) is 6.67. The van der Waals surface area contributed by atoms with E-state index in [1.165, 1.54) is 0 Å². The van der Waals surface area contributed by atoms with Crippen LogP contribution >= 0.6 is 0 Å². The Labute approximate surface area is 202 Å². The van der Waals surface area contributed by atoms with Crippen LogP contribution in [0.2, 0.25) is 0 Å². The summed E-state index contributed by atoms with van der Waals surface area (Å²) in [7, 11) is 0. The van der Waals surface area contributed by atoms with Crippen molar-refractivity contribution in [2.45, 2.75) is 26.3 Å². The number of hydrogen-bond donors (Lipinski definition) is 0. The predicted molar refractivity (Wildman–Crippen MR) is 128 cm³/mol. The summed E-state index contributed by atoms with van der Waals surface area (Å²) in [4.78, 5) is 27.6. The molecule has 0 saturated carbocycles. The monoisotopic (exact) mass is 482 g/mol. The third-order valence-corrected chi connectivity index (χ3v) is 6.15. The van der Waals surface area contributed by atoms with Gasteiger partial charge in [0.05, 0.1) is 24.6 Å². The first kappa shape index (κ1) is 24.4. The molecule has 4 rings (SSSR count). The first-order valence-corrected chi connectivity index (χ1v) is 11.7. The summed E-state index contributed by atoms with van der Waals surface area (Å²) in [5.41, 5.74) is 1.08. The fraction of sp³-hybridized carbons (Fsp3) is 0.333. The minimum atomic E-state index is -0.564. The molecule has 0 radical (unpaired) electrons. The summed E-state index contributed by atoms with van der Waals surface area (Å²) >= 11 is 0. The summed E-state index contributed by atoms with van der Waals surface area (Å²) in [6, 6.07) is 10.3. The molecular weight excluding hydrogens is 454 g/mol. The van der Waals surface area contributed by atoms with Crippen molar-refractivity contribution in [3.63, 3.8) is 0 Å². The number of ether oxygens (including phenoxy) is 2. The lowest BCUT2D eigenvalue weighted by molar-refractivity contribution is -0.149. The maximum Gasteiger partial charge on any atom is 0.310 e. The quantitative estimate of drug-likeness (QED) is 0.337. The van der Waals surface area contributed by atoms with Crippen molar-refractivity contribution in [1.29, 1.82) is 0 Å². The van der Waals surface area contributed by atoms with Crippen molar-refractivity contribution in [2.75, 3.05) is 26.3 Å². The molecule has 0 N–H and O–H groups in total. The average Bonchev–Trinajstić information content (AvgIpc) is 3.23. The lowest BCUT2D eigenvalue weighted by Gasteiger charge is -2.31. The van der Waals surface area contributed by atoms with Gasteiger partial charge >= 0.3 is 5.97 Å². The molecule has 0 spiro atoms. The molecule has 1 atom stereocenters. The van der Waals surface area contributed by atoms with Crippen LogP contribution in [-0.2, 0) is 16.1 Å². The smallest absolute Gasteiger partial charge is 0.310 e. The van der Waals surface area contributed by atoms with E-state index in [0.29, 0.717) is 41.7 Å². The largest absolute Gasteiger partial charge is 0.489 e. The normalized spacial score (nSPS) is 15.7. The number of piperidine rings is 1. The Hall–Kier alpha value is -3.68. The number of fused-ring (bicyclic) bond motifs is 1. The molecule has 3 aromatic rings. The van der Waals surface area contributed by atoms with E-state index in [1.54, 1.807) is 40.7 Å². The number of benzene rings is 2. The summed E-state index contributed by atoms with van der Waals surface area (Å²) in [6.07, 6.45) is 2.94. The van der Waals surface area contributed by atoms with Gasteiger partial charge in [0, 0.05) is 24.0 Å². The van der Waals surface area contributed by atoms with Crippen LogP contribution in [-0.4, -0.2) is 47.6 Å². The van der Waals surface area contributed by atoms with E-state index in [4.69, 9.17) is 9.47 Å². The van der Waals surface area contributed by atoms with Crippen LogP contribution in [0.25, 0.3) is 10.9 Å². The van der Waals surface area contributed by atoms with E-state index in [0.717, 1.165) is 18.2 Å².